The Hall–Kier alpha value is -1.18. The smallest absolute Gasteiger partial charge is 0.169 e. The fraction of sp³-hybridized carbons (Fsp3) is 0.562. The maximum Gasteiger partial charge on any atom is 0.169 e. The summed E-state index contributed by atoms with van der Waals surface area (Å²) in [5, 5.41) is 0. The van der Waals surface area contributed by atoms with Crippen LogP contribution in [-0.4, -0.2) is 5.78 Å². The first-order valence-electron chi connectivity index (χ1n) is 6.94. The van der Waals surface area contributed by atoms with Crippen LogP contribution >= 0.6 is 0 Å². The predicted molar refractivity (Wildman–Crippen MR) is 71.2 cm³/mol. The molecule has 0 N–H and O–H groups in total. The molecular weight excluding hydrogens is 227 g/mol. The number of hydrogen-bond donors (Lipinski definition) is 0. The van der Waals surface area contributed by atoms with Crippen molar-refractivity contribution < 1.29 is 9.18 Å². The summed E-state index contributed by atoms with van der Waals surface area (Å²) in [7, 11) is 0. The number of halogens is 1. The topological polar surface area (TPSA) is 17.1 Å². The van der Waals surface area contributed by atoms with Crippen LogP contribution in [0.4, 0.5) is 4.39 Å². The van der Waals surface area contributed by atoms with Crippen molar-refractivity contribution in [3.8, 4) is 0 Å². The molecule has 0 aliphatic heterocycles. The van der Waals surface area contributed by atoms with E-state index in [1.807, 2.05) is 13.0 Å². The van der Waals surface area contributed by atoms with Crippen molar-refractivity contribution in [1.29, 1.82) is 0 Å². The SMILES string of the molecule is CCC1CCCCC1C(=O)c1ccc(C)cc1F. The van der Waals surface area contributed by atoms with E-state index in [4.69, 9.17) is 0 Å². The molecule has 2 heteroatoms. The molecule has 0 spiro atoms. The van der Waals surface area contributed by atoms with Crippen molar-refractivity contribution in [3.63, 3.8) is 0 Å². The molecule has 0 aromatic heterocycles. The van der Waals surface area contributed by atoms with Crippen LogP contribution in [-0.2, 0) is 0 Å². The fourth-order valence-electron chi connectivity index (χ4n) is 3.06. The molecule has 1 nitrogen and oxygen atoms in total. The molecule has 0 heterocycles. The Bertz CT molecular complexity index is 439. The van der Waals surface area contributed by atoms with Crippen molar-refractivity contribution in [1.82, 2.24) is 0 Å². The summed E-state index contributed by atoms with van der Waals surface area (Å²) in [6.45, 7) is 3.97. The van der Waals surface area contributed by atoms with E-state index in [1.165, 1.54) is 12.5 Å². The van der Waals surface area contributed by atoms with E-state index in [0.29, 0.717) is 5.92 Å². The van der Waals surface area contributed by atoms with Crippen molar-refractivity contribution >= 4 is 5.78 Å². The number of aryl methyl sites for hydroxylation is 1. The monoisotopic (exact) mass is 248 g/mol. The van der Waals surface area contributed by atoms with E-state index in [2.05, 4.69) is 6.92 Å². The van der Waals surface area contributed by atoms with E-state index in [-0.39, 0.29) is 23.1 Å². The number of hydrogen-bond acceptors (Lipinski definition) is 1. The molecule has 1 aromatic rings. The van der Waals surface area contributed by atoms with E-state index < -0.39 is 0 Å². The molecule has 0 amide bonds. The minimum absolute atomic E-state index is 0.0130. The van der Waals surface area contributed by atoms with Gasteiger partial charge >= 0.3 is 0 Å². The van der Waals surface area contributed by atoms with E-state index in [9.17, 15) is 9.18 Å². The Labute approximate surface area is 108 Å². The molecule has 1 fully saturated rings. The molecule has 0 bridgehead atoms. The summed E-state index contributed by atoms with van der Waals surface area (Å²) in [4.78, 5) is 12.5. The van der Waals surface area contributed by atoms with Crippen molar-refractivity contribution in [2.24, 2.45) is 11.8 Å². The first-order valence-corrected chi connectivity index (χ1v) is 6.94. The van der Waals surface area contributed by atoms with Gasteiger partial charge in [-0.1, -0.05) is 32.3 Å². The largest absolute Gasteiger partial charge is 0.294 e. The lowest BCUT2D eigenvalue weighted by atomic mass is 9.74. The minimum atomic E-state index is -0.361. The summed E-state index contributed by atoms with van der Waals surface area (Å²) >= 11 is 0. The highest BCUT2D eigenvalue weighted by atomic mass is 19.1. The van der Waals surface area contributed by atoms with Crippen LogP contribution in [0.3, 0.4) is 0 Å². The molecule has 1 aliphatic carbocycles. The first-order chi connectivity index (χ1) is 8.63. The molecule has 1 aromatic carbocycles. The molecule has 98 valence electrons. The van der Waals surface area contributed by atoms with Gasteiger partial charge in [0.1, 0.15) is 5.82 Å². The Kier molecular flexibility index (Phi) is 4.15. The average Bonchev–Trinajstić information content (AvgIpc) is 2.38. The van der Waals surface area contributed by atoms with Crippen LogP contribution in [0.5, 0.6) is 0 Å². The highest BCUT2D eigenvalue weighted by molar-refractivity contribution is 5.98. The number of benzene rings is 1. The Balaban J connectivity index is 2.24. The van der Waals surface area contributed by atoms with Crippen LogP contribution < -0.4 is 0 Å². The van der Waals surface area contributed by atoms with Crippen molar-refractivity contribution in [2.45, 2.75) is 46.0 Å². The molecule has 1 aliphatic rings. The standard InChI is InChI=1S/C16H21FO/c1-3-12-6-4-5-7-13(12)16(18)14-9-8-11(2)10-15(14)17/h8-10,12-13H,3-7H2,1-2H3. The van der Waals surface area contributed by atoms with Crippen molar-refractivity contribution in [2.75, 3.05) is 0 Å². The number of Topliss-reactive ketones (excluding diaryl/α,β-unsaturated/α-hetero) is 1. The quantitative estimate of drug-likeness (QED) is 0.718. The Morgan fingerprint density at radius 1 is 1.33 bits per heavy atom. The van der Waals surface area contributed by atoms with Crippen LogP contribution in [0.1, 0.15) is 54.9 Å². The average molecular weight is 248 g/mol. The Morgan fingerprint density at radius 2 is 2.06 bits per heavy atom. The minimum Gasteiger partial charge on any atom is -0.294 e. The molecule has 2 unspecified atom stereocenters. The van der Waals surface area contributed by atoms with Gasteiger partial charge in [0.25, 0.3) is 0 Å². The number of rotatable bonds is 3. The first kappa shape index (κ1) is 13.3. The van der Waals surface area contributed by atoms with Gasteiger partial charge < -0.3 is 0 Å². The summed E-state index contributed by atoms with van der Waals surface area (Å²) in [6.07, 6.45) is 5.36. The second-order valence-corrected chi connectivity index (χ2v) is 5.41. The van der Waals surface area contributed by atoms with Crippen LogP contribution in [0, 0.1) is 24.6 Å². The van der Waals surface area contributed by atoms with E-state index >= 15 is 0 Å². The molecule has 18 heavy (non-hydrogen) atoms. The number of ketones is 1. The third kappa shape index (κ3) is 2.63. The lowest BCUT2D eigenvalue weighted by molar-refractivity contribution is 0.0816. The zero-order valence-electron chi connectivity index (χ0n) is 11.2. The highest BCUT2D eigenvalue weighted by Crippen LogP contribution is 2.34. The van der Waals surface area contributed by atoms with Gasteiger partial charge in [0.2, 0.25) is 0 Å². The second-order valence-electron chi connectivity index (χ2n) is 5.41. The predicted octanol–water partition coefficient (Wildman–Crippen LogP) is 4.53. The van der Waals surface area contributed by atoms with Gasteiger partial charge in [-0.05, 0) is 43.4 Å². The number of carbonyl (C=O) groups is 1. The Morgan fingerprint density at radius 3 is 2.72 bits per heavy atom. The molecule has 2 atom stereocenters. The normalized spacial score (nSPS) is 23.9. The third-order valence-corrected chi connectivity index (χ3v) is 4.16. The van der Waals surface area contributed by atoms with Gasteiger partial charge in [0, 0.05) is 5.92 Å². The lowest BCUT2D eigenvalue weighted by Crippen LogP contribution is -2.27. The maximum absolute atomic E-state index is 13.9. The number of carbonyl (C=O) groups excluding carboxylic acids is 1. The van der Waals surface area contributed by atoms with Crippen LogP contribution in [0.2, 0.25) is 0 Å². The summed E-state index contributed by atoms with van der Waals surface area (Å²) in [5.74, 6) is 0.118. The van der Waals surface area contributed by atoms with Crippen LogP contribution in [0.15, 0.2) is 18.2 Å². The highest BCUT2D eigenvalue weighted by Gasteiger charge is 2.31. The van der Waals surface area contributed by atoms with Gasteiger partial charge in [-0.3, -0.25) is 4.79 Å². The van der Waals surface area contributed by atoms with E-state index in [1.54, 1.807) is 6.07 Å². The van der Waals surface area contributed by atoms with Crippen LogP contribution in [0.25, 0.3) is 0 Å². The van der Waals surface area contributed by atoms with Gasteiger partial charge in [-0.2, -0.15) is 0 Å². The molecule has 0 radical (unpaired) electrons. The third-order valence-electron chi connectivity index (χ3n) is 4.16. The zero-order chi connectivity index (χ0) is 13.1. The van der Waals surface area contributed by atoms with E-state index in [0.717, 1.165) is 31.2 Å². The van der Waals surface area contributed by atoms with Gasteiger partial charge in [-0.25, -0.2) is 4.39 Å². The van der Waals surface area contributed by atoms with Gasteiger partial charge in [0.15, 0.2) is 5.78 Å². The second kappa shape index (κ2) is 5.64. The summed E-state index contributed by atoms with van der Waals surface area (Å²) in [5.41, 5.74) is 1.14. The van der Waals surface area contributed by atoms with Gasteiger partial charge in [0.05, 0.1) is 5.56 Å². The summed E-state index contributed by atoms with van der Waals surface area (Å²) < 4.78 is 13.9. The maximum atomic E-state index is 13.9. The molecule has 0 saturated heterocycles. The lowest BCUT2D eigenvalue weighted by Gasteiger charge is -2.29. The fourth-order valence-corrected chi connectivity index (χ4v) is 3.06. The molecule has 2 rings (SSSR count). The van der Waals surface area contributed by atoms with Crippen molar-refractivity contribution in [3.05, 3.63) is 35.1 Å². The van der Waals surface area contributed by atoms with Gasteiger partial charge in [-0.15, -0.1) is 0 Å². The molecular formula is C16H21FO. The molecule has 1 saturated carbocycles. The summed E-state index contributed by atoms with van der Waals surface area (Å²) in [6, 6.07) is 4.92. The zero-order valence-corrected chi connectivity index (χ0v) is 11.2.